The molecule has 0 bridgehead atoms. The third kappa shape index (κ3) is 2.96. The minimum atomic E-state index is 0.450. The number of anilines is 2. The average molecular weight is 289 g/mol. The lowest BCUT2D eigenvalue weighted by Gasteiger charge is -2.29. The Labute approximate surface area is 123 Å². The monoisotopic (exact) mass is 289 g/mol. The number of rotatable bonds is 3. The Bertz CT molecular complexity index is 582. The number of nitrogens with one attached hydrogen (secondary N) is 1. The molecule has 1 fully saturated rings. The maximum absolute atomic E-state index is 4.56. The van der Waals surface area contributed by atoms with Crippen molar-refractivity contribution in [1.82, 2.24) is 19.9 Å². The van der Waals surface area contributed by atoms with Crippen molar-refractivity contribution in [2.45, 2.75) is 25.7 Å². The average Bonchev–Trinajstić information content (AvgIpc) is 2.85. The van der Waals surface area contributed by atoms with Crippen LogP contribution in [0.25, 0.3) is 0 Å². The molecule has 0 aliphatic carbocycles. The van der Waals surface area contributed by atoms with Gasteiger partial charge in [-0.15, -0.1) is 11.3 Å². The molecule has 0 aromatic carbocycles. The van der Waals surface area contributed by atoms with Gasteiger partial charge in [-0.2, -0.15) is 0 Å². The molecule has 1 atom stereocenters. The number of aryl methyl sites for hydroxylation is 1. The summed E-state index contributed by atoms with van der Waals surface area (Å²) in [6.07, 6.45) is 7.78. The largest absolute Gasteiger partial charge is 0.315 e. The molecule has 106 valence electrons. The molecule has 1 aliphatic heterocycles. The van der Waals surface area contributed by atoms with E-state index in [9.17, 15) is 0 Å². The molecular formula is C14H19N5S. The number of hydrogen-bond donors (Lipinski definition) is 1. The van der Waals surface area contributed by atoms with E-state index < -0.39 is 0 Å². The van der Waals surface area contributed by atoms with E-state index in [-0.39, 0.29) is 0 Å². The minimum Gasteiger partial charge on any atom is -0.315 e. The topological polar surface area (TPSA) is 53.9 Å². The quantitative estimate of drug-likeness (QED) is 0.941. The molecule has 3 heterocycles. The summed E-state index contributed by atoms with van der Waals surface area (Å²) in [4.78, 5) is 16.9. The van der Waals surface area contributed by atoms with Gasteiger partial charge in [-0.3, -0.25) is 4.98 Å². The molecule has 0 saturated carbocycles. The lowest BCUT2D eigenvalue weighted by Crippen LogP contribution is -2.31. The maximum atomic E-state index is 4.56. The van der Waals surface area contributed by atoms with Gasteiger partial charge in [0.15, 0.2) is 10.9 Å². The van der Waals surface area contributed by atoms with Crippen molar-refractivity contribution in [3.05, 3.63) is 29.2 Å². The van der Waals surface area contributed by atoms with Gasteiger partial charge in [0.1, 0.15) is 0 Å². The Morgan fingerprint density at radius 1 is 1.30 bits per heavy atom. The highest BCUT2D eigenvalue weighted by Gasteiger charge is 2.23. The van der Waals surface area contributed by atoms with E-state index >= 15 is 0 Å². The molecule has 2 aromatic rings. The van der Waals surface area contributed by atoms with E-state index in [0.717, 1.165) is 23.2 Å². The molecule has 0 spiro atoms. The second kappa shape index (κ2) is 5.85. The molecule has 2 aromatic heterocycles. The van der Waals surface area contributed by atoms with E-state index in [1.165, 1.54) is 24.3 Å². The smallest absolute Gasteiger partial charge is 0.188 e. The number of likely N-dealkylation sites (tertiary alicyclic amines) is 1. The van der Waals surface area contributed by atoms with Crippen molar-refractivity contribution < 1.29 is 0 Å². The van der Waals surface area contributed by atoms with E-state index in [1.54, 1.807) is 23.7 Å². The van der Waals surface area contributed by atoms with Crippen LogP contribution in [0.15, 0.2) is 18.6 Å². The summed E-state index contributed by atoms with van der Waals surface area (Å²) in [6.45, 7) is 4.27. The summed E-state index contributed by atoms with van der Waals surface area (Å²) in [5, 5.41) is 4.20. The molecular weight excluding hydrogens is 270 g/mol. The van der Waals surface area contributed by atoms with Gasteiger partial charge in [0.2, 0.25) is 0 Å². The van der Waals surface area contributed by atoms with Crippen molar-refractivity contribution >= 4 is 22.3 Å². The summed E-state index contributed by atoms with van der Waals surface area (Å²) in [6, 6.07) is 0. The molecule has 0 amide bonds. The van der Waals surface area contributed by atoms with Crippen molar-refractivity contribution in [2.75, 3.05) is 25.5 Å². The third-order valence-corrected chi connectivity index (χ3v) is 4.41. The van der Waals surface area contributed by atoms with Crippen LogP contribution in [0.1, 0.15) is 29.3 Å². The Hall–Kier alpha value is -1.53. The zero-order valence-electron chi connectivity index (χ0n) is 11.8. The summed E-state index contributed by atoms with van der Waals surface area (Å²) in [5.74, 6) is 1.30. The molecule has 0 radical (unpaired) electrons. The minimum absolute atomic E-state index is 0.450. The molecule has 1 saturated heterocycles. The molecule has 5 nitrogen and oxygen atoms in total. The third-order valence-electron chi connectivity index (χ3n) is 3.58. The number of hydrogen-bond acceptors (Lipinski definition) is 6. The first-order chi connectivity index (χ1) is 9.72. The number of nitrogens with zero attached hydrogens (tertiary/aromatic N) is 4. The van der Waals surface area contributed by atoms with Gasteiger partial charge in [-0.25, -0.2) is 9.97 Å². The Morgan fingerprint density at radius 2 is 2.15 bits per heavy atom. The van der Waals surface area contributed by atoms with Crippen molar-refractivity contribution in [3.8, 4) is 0 Å². The lowest BCUT2D eigenvalue weighted by atomic mass is 9.95. The van der Waals surface area contributed by atoms with Crippen LogP contribution >= 0.6 is 11.3 Å². The van der Waals surface area contributed by atoms with Crippen LogP contribution in [-0.4, -0.2) is 40.0 Å². The molecule has 6 heteroatoms. The first-order valence-corrected chi connectivity index (χ1v) is 7.73. The molecule has 3 rings (SSSR count). The zero-order chi connectivity index (χ0) is 13.9. The molecule has 1 aliphatic rings. The van der Waals surface area contributed by atoms with Crippen LogP contribution < -0.4 is 5.32 Å². The van der Waals surface area contributed by atoms with Gasteiger partial charge >= 0.3 is 0 Å². The summed E-state index contributed by atoms with van der Waals surface area (Å²) >= 11 is 1.64. The normalized spacial score (nSPS) is 20.0. The number of likely N-dealkylation sites (N-methyl/N-ethyl adjacent to an activating group) is 1. The fourth-order valence-electron chi connectivity index (χ4n) is 2.65. The van der Waals surface area contributed by atoms with Crippen LogP contribution in [0, 0.1) is 6.92 Å². The van der Waals surface area contributed by atoms with Crippen molar-refractivity contribution in [2.24, 2.45) is 0 Å². The predicted molar refractivity (Wildman–Crippen MR) is 81.6 cm³/mol. The van der Waals surface area contributed by atoms with Crippen LogP contribution in [0.3, 0.4) is 0 Å². The second-order valence-corrected chi connectivity index (χ2v) is 6.53. The van der Waals surface area contributed by atoms with Gasteiger partial charge in [-0.05, 0) is 33.4 Å². The first-order valence-electron chi connectivity index (χ1n) is 6.91. The number of aromatic nitrogens is 3. The van der Waals surface area contributed by atoms with E-state index in [2.05, 4.69) is 39.1 Å². The molecule has 0 unspecified atom stereocenters. The second-order valence-electron chi connectivity index (χ2n) is 5.29. The zero-order valence-corrected chi connectivity index (χ0v) is 12.7. The highest BCUT2D eigenvalue weighted by atomic mass is 32.1. The predicted octanol–water partition coefficient (Wildman–Crippen LogP) is 2.79. The van der Waals surface area contributed by atoms with Gasteiger partial charge in [0.25, 0.3) is 0 Å². The van der Waals surface area contributed by atoms with Gasteiger partial charge in [0, 0.05) is 35.9 Å². The van der Waals surface area contributed by atoms with Gasteiger partial charge < -0.3 is 10.2 Å². The lowest BCUT2D eigenvalue weighted by molar-refractivity contribution is 0.248. The number of thiazole rings is 1. The van der Waals surface area contributed by atoms with Crippen LogP contribution in [0.4, 0.5) is 10.9 Å². The van der Waals surface area contributed by atoms with Gasteiger partial charge in [-0.1, -0.05) is 0 Å². The van der Waals surface area contributed by atoms with E-state index in [4.69, 9.17) is 0 Å². The van der Waals surface area contributed by atoms with Crippen molar-refractivity contribution in [3.63, 3.8) is 0 Å². The highest BCUT2D eigenvalue weighted by Crippen LogP contribution is 2.30. The molecule has 1 N–H and O–H groups in total. The van der Waals surface area contributed by atoms with Crippen LogP contribution in [0.2, 0.25) is 0 Å². The fraction of sp³-hybridized carbons (Fsp3) is 0.500. The molecule has 20 heavy (non-hydrogen) atoms. The SMILES string of the molecule is Cc1cnc(Nc2nccnc2[C@H]2CCCN(C)C2)s1. The van der Waals surface area contributed by atoms with Gasteiger partial charge in [0.05, 0.1) is 5.69 Å². The van der Waals surface area contributed by atoms with E-state index in [0.29, 0.717) is 5.92 Å². The van der Waals surface area contributed by atoms with Crippen molar-refractivity contribution in [1.29, 1.82) is 0 Å². The standard InChI is InChI=1S/C14H19N5S/c1-10-8-17-14(20-10)18-13-12(15-5-6-16-13)11-4-3-7-19(2)9-11/h5-6,8,11H,3-4,7,9H2,1-2H3,(H,16,17,18)/t11-/m0/s1. The maximum Gasteiger partial charge on any atom is 0.188 e. The van der Waals surface area contributed by atoms with Crippen LogP contribution in [-0.2, 0) is 0 Å². The van der Waals surface area contributed by atoms with Crippen LogP contribution in [0.5, 0.6) is 0 Å². The van der Waals surface area contributed by atoms with E-state index in [1.807, 2.05) is 6.20 Å². The summed E-state index contributed by atoms with van der Waals surface area (Å²) in [7, 11) is 2.17. The Balaban J connectivity index is 1.84. The number of piperidine rings is 1. The first kappa shape index (κ1) is 13.5. The Morgan fingerprint density at radius 3 is 2.90 bits per heavy atom. The summed E-state index contributed by atoms with van der Waals surface area (Å²) < 4.78 is 0. The fourth-order valence-corrected chi connectivity index (χ4v) is 3.31. The Kier molecular flexibility index (Phi) is 3.93. The summed E-state index contributed by atoms with van der Waals surface area (Å²) in [5.41, 5.74) is 1.06. The highest BCUT2D eigenvalue weighted by molar-refractivity contribution is 7.15.